The monoisotopic (exact) mass is 277 g/mol. The van der Waals surface area contributed by atoms with Gasteiger partial charge >= 0.3 is 0 Å². The Labute approximate surface area is 120 Å². The molecule has 20 heavy (non-hydrogen) atoms. The van der Waals surface area contributed by atoms with E-state index in [-0.39, 0.29) is 0 Å². The Morgan fingerprint density at radius 2 is 2.10 bits per heavy atom. The Balaban J connectivity index is 1.83. The Kier molecular flexibility index (Phi) is 4.99. The van der Waals surface area contributed by atoms with Crippen molar-refractivity contribution in [2.24, 2.45) is 0 Å². The van der Waals surface area contributed by atoms with E-state index in [9.17, 15) is 0 Å². The first-order valence-corrected chi connectivity index (χ1v) is 7.21. The number of nitriles is 1. The minimum absolute atomic E-state index is 0.338. The highest BCUT2D eigenvalue weighted by Crippen LogP contribution is 2.16. The van der Waals surface area contributed by atoms with Crippen LogP contribution in [0.25, 0.3) is 0 Å². The molecule has 6 heteroatoms. The quantitative estimate of drug-likeness (QED) is 0.874. The normalized spacial score (nSPS) is 18.7. The predicted octanol–water partition coefficient (Wildman–Crippen LogP) is 1.29. The lowest BCUT2D eigenvalue weighted by Gasteiger charge is -2.37. The third-order valence-electron chi connectivity index (χ3n) is 3.88. The van der Waals surface area contributed by atoms with Gasteiger partial charge in [0.15, 0.2) is 5.89 Å². The number of nitrogens with zero attached hydrogens (tertiary/aromatic N) is 4. The summed E-state index contributed by atoms with van der Waals surface area (Å²) in [6, 6.07) is 2.45. The lowest BCUT2D eigenvalue weighted by Crippen LogP contribution is -2.51. The number of aryl methyl sites for hydroxylation is 1. The van der Waals surface area contributed by atoms with Crippen LogP contribution in [0.2, 0.25) is 0 Å². The smallest absolute Gasteiger partial charge is 0.232 e. The van der Waals surface area contributed by atoms with E-state index in [1.807, 2.05) is 6.07 Å². The molecule has 1 aromatic heterocycles. The molecule has 1 aromatic rings. The van der Waals surface area contributed by atoms with Crippen LogP contribution in [-0.2, 0) is 0 Å². The first kappa shape index (κ1) is 14.8. The van der Waals surface area contributed by atoms with E-state index in [0.717, 1.165) is 39.3 Å². The Morgan fingerprint density at radius 1 is 1.40 bits per heavy atom. The number of hydrogen-bond acceptors (Lipinski definition) is 6. The third kappa shape index (κ3) is 3.50. The number of rotatable bonds is 5. The highest BCUT2D eigenvalue weighted by molar-refractivity contribution is 5.45. The summed E-state index contributed by atoms with van der Waals surface area (Å²) in [6.45, 7) is 12.5. The van der Waals surface area contributed by atoms with E-state index in [0.29, 0.717) is 23.5 Å². The van der Waals surface area contributed by atoms with Gasteiger partial charge in [0.05, 0.1) is 0 Å². The van der Waals surface area contributed by atoms with Gasteiger partial charge in [-0.15, -0.1) is 0 Å². The van der Waals surface area contributed by atoms with Crippen molar-refractivity contribution in [1.29, 1.82) is 5.26 Å². The molecule has 0 unspecified atom stereocenters. The van der Waals surface area contributed by atoms with E-state index in [1.54, 1.807) is 6.92 Å². The van der Waals surface area contributed by atoms with Crippen molar-refractivity contribution < 1.29 is 4.42 Å². The van der Waals surface area contributed by atoms with Gasteiger partial charge in [0.25, 0.3) is 0 Å². The fraction of sp³-hybridized carbons (Fsp3) is 0.714. The summed E-state index contributed by atoms with van der Waals surface area (Å²) in [4.78, 5) is 8.96. The molecule has 1 N–H and O–H groups in total. The number of hydrogen-bond donors (Lipinski definition) is 1. The molecule has 1 atom stereocenters. The first-order valence-electron chi connectivity index (χ1n) is 7.21. The van der Waals surface area contributed by atoms with Crippen molar-refractivity contribution in [3.63, 3.8) is 0 Å². The van der Waals surface area contributed by atoms with Gasteiger partial charge in [-0.2, -0.15) is 5.26 Å². The number of piperazine rings is 1. The summed E-state index contributed by atoms with van der Waals surface area (Å²) in [6.07, 6.45) is 0. The standard InChI is InChI=1S/C14H23N5O/c1-4-18-5-7-19(8-6-18)11(2)10-16-14-13(9-15)17-12(3)20-14/h11,16H,4-8,10H2,1-3H3/t11-/m1/s1. The van der Waals surface area contributed by atoms with Gasteiger partial charge < -0.3 is 14.6 Å². The predicted molar refractivity (Wildman–Crippen MR) is 77.6 cm³/mol. The number of nitrogens with one attached hydrogen (secondary N) is 1. The number of anilines is 1. The molecule has 1 fully saturated rings. The molecule has 0 amide bonds. The van der Waals surface area contributed by atoms with Crippen molar-refractivity contribution in [2.75, 3.05) is 44.6 Å². The molecule has 110 valence electrons. The van der Waals surface area contributed by atoms with E-state index in [2.05, 4.69) is 33.9 Å². The summed E-state index contributed by atoms with van der Waals surface area (Å²) in [7, 11) is 0. The molecular formula is C14H23N5O. The maximum Gasteiger partial charge on any atom is 0.232 e. The number of oxazole rings is 1. The van der Waals surface area contributed by atoms with Crippen LogP contribution < -0.4 is 5.32 Å². The van der Waals surface area contributed by atoms with Crippen LogP contribution in [0.4, 0.5) is 5.88 Å². The average Bonchev–Trinajstić information content (AvgIpc) is 2.85. The van der Waals surface area contributed by atoms with Crippen molar-refractivity contribution in [3.05, 3.63) is 11.6 Å². The summed E-state index contributed by atoms with van der Waals surface area (Å²) in [5.41, 5.74) is 0.338. The van der Waals surface area contributed by atoms with Gasteiger partial charge in [0.1, 0.15) is 6.07 Å². The molecule has 0 saturated carbocycles. The zero-order chi connectivity index (χ0) is 14.5. The zero-order valence-corrected chi connectivity index (χ0v) is 12.5. The second-order valence-electron chi connectivity index (χ2n) is 5.22. The van der Waals surface area contributed by atoms with Crippen molar-refractivity contribution >= 4 is 5.88 Å². The van der Waals surface area contributed by atoms with Gasteiger partial charge in [0, 0.05) is 45.7 Å². The molecule has 0 radical (unpaired) electrons. The van der Waals surface area contributed by atoms with Crippen molar-refractivity contribution in [1.82, 2.24) is 14.8 Å². The minimum Gasteiger partial charge on any atom is -0.424 e. The highest BCUT2D eigenvalue weighted by atomic mass is 16.4. The highest BCUT2D eigenvalue weighted by Gasteiger charge is 2.20. The summed E-state index contributed by atoms with van der Waals surface area (Å²) in [5.74, 6) is 1.01. The maximum absolute atomic E-state index is 8.97. The fourth-order valence-corrected chi connectivity index (χ4v) is 2.51. The largest absolute Gasteiger partial charge is 0.424 e. The summed E-state index contributed by atoms with van der Waals surface area (Å²) in [5, 5.41) is 12.2. The van der Waals surface area contributed by atoms with Gasteiger partial charge in [-0.05, 0) is 13.5 Å². The number of likely N-dealkylation sites (N-methyl/N-ethyl adjacent to an activating group) is 1. The van der Waals surface area contributed by atoms with Crippen molar-refractivity contribution in [3.8, 4) is 6.07 Å². The summed E-state index contributed by atoms with van der Waals surface area (Å²) < 4.78 is 5.41. The summed E-state index contributed by atoms with van der Waals surface area (Å²) >= 11 is 0. The molecule has 1 saturated heterocycles. The van der Waals surface area contributed by atoms with E-state index >= 15 is 0 Å². The van der Waals surface area contributed by atoms with Crippen LogP contribution >= 0.6 is 0 Å². The van der Waals surface area contributed by atoms with Crippen LogP contribution in [0.1, 0.15) is 25.4 Å². The van der Waals surface area contributed by atoms with Gasteiger partial charge in [-0.1, -0.05) is 6.92 Å². The second kappa shape index (κ2) is 6.73. The number of aromatic nitrogens is 1. The van der Waals surface area contributed by atoms with Crippen LogP contribution in [0.3, 0.4) is 0 Å². The van der Waals surface area contributed by atoms with E-state index in [4.69, 9.17) is 9.68 Å². The van der Waals surface area contributed by atoms with E-state index in [1.165, 1.54) is 0 Å². The third-order valence-corrected chi connectivity index (χ3v) is 3.88. The average molecular weight is 277 g/mol. The molecule has 0 aromatic carbocycles. The van der Waals surface area contributed by atoms with Gasteiger partial charge in [-0.25, -0.2) is 4.98 Å². The van der Waals surface area contributed by atoms with E-state index < -0.39 is 0 Å². The van der Waals surface area contributed by atoms with Crippen LogP contribution in [0, 0.1) is 18.3 Å². The fourth-order valence-electron chi connectivity index (χ4n) is 2.51. The Bertz CT molecular complexity index is 470. The zero-order valence-electron chi connectivity index (χ0n) is 12.5. The van der Waals surface area contributed by atoms with Crippen LogP contribution in [0.5, 0.6) is 0 Å². The molecule has 0 aliphatic carbocycles. The molecular weight excluding hydrogens is 254 g/mol. The molecule has 1 aliphatic heterocycles. The minimum atomic E-state index is 0.338. The van der Waals surface area contributed by atoms with Crippen LogP contribution in [-0.4, -0.2) is 60.1 Å². The van der Waals surface area contributed by atoms with Crippen LogP contribution in [0.15, 0.2) is 4.42 Å². The molecule has 0 spiro atoms. The lowest BCUT2D eigenvalue weighted by atomic mass is 10.2. The molecule has 0 bridgehead atoms. The topological polar surface area (TPSA) is 68.3 Å². The van der Waals surface area contributed by atoms with Crippen molar-refractivity contribution in [2.45, 2.75) is 26.8 Å². The van der Waals surface area contributed by atoms with Gasteiger partial charge in [-0.3, -0.25) is 4.90 Å². The Morgan fingerprint density at radius 3 is 2.70 bits per heavy atom. The first-order chi connectivity index (χ1) is 9.63. The molecule has 6 nitrogen and oxygen atoms in total. The Hall–Kier alpha value is -1.58. The molecule has 2 rings (SSSR count). The maximum atomic E-state index is 8.97. The molecule has 1 aliphatic rings. The molecule has 2 heterocycles. The van der Waals surface area contributed by atoms with Gasteiger partial charge in [0.2, 0.25) is 11.6 Å². The SMILES string of the molecule is CCN1CCN([C@H](C)CNc2oc(C)nc2C#N)CC1. The second-order valence-corrected chi connectivity index (χ2v) is 5.22. The lowest BCUT2D eigenvalue weighted by molar-refractivity contribution is 0.110.